The van der Waals surface area contributed by atoms with E-state index in [0.29, 0.717) is 0 Å². The number of anilines is 3. The fourth-order valence-electron chi connectivity index (χ4n) is 9.84. The number of hydrogen-bond donors (Lipinski definition) is 0. The van der Waals surface area contributed by atoms with Crippen LogP contribution in [0.3, 0.4) is 0 Å². The third-order valence-electron chi connectivity index (χ3n) is 12.1. The van der Waals surface area contributed by atoms with E-state index in [1.807, 2.05) is 0 Å². The zero-order valence-corrected chi connectivity index (χ0v) is 29.9. The molecular weight excluding hydrogens is 667 g/mol. The summed E-state index contributed by atoms with van der Waals surface area (Å²) in [5, 5.41) is 4.70. The first-order chi connectivity index (χ1) is 27.3. The predicted octanol–water partition coefficient (Wildman–Crippen LogP) is 14.2. The topological polar surface area (TPSA) is 16.4 Å². The van der Waals surface area contributed by atoms with Gasteiger partial charge in [0.05, 0.1) is 11.1 Å². The molecule has 2 aliphatic carbocycles. The quantitative estimate of drug-likeness (QED) is 0.183. The first kappa shape index (κ1) is 30.3. The number of hydrogen-bond acceptors (Lipinski definition) is 2. The van der Waals surface area contributed by atoms with E-state index in [1.165, 1.54) is 66.4 Å². The van der Waals surface area contributed by atoms with Crippen LogP contribution in [0, 0.1) is 0 Å². The number of para-hydroxylation sites is 2. The highest BCUT2D eigenvalue weighted by Gasteiger charge is 2.50. The number of nitrogens with zero attached hydrogens (tertiary/aromatic N) is 1. The Morgan fingerprint density at radius 1 is 0.327 bits per heavy atom. The molecule has 1 spiro atoms. The molecule has 0 bridgehead atoms. The van der Waals surface area contributed by atoms with Crippen LogP contribution in [0.25, 0.3) is 66.1 Å². The van der Waals surface area contributed by atoms with Crippen molar-refractivity contribution in [1.29, 1.82) is 0 Å². The van der Waals surface area contributed by atoms with Gasteiger partial charge in [0.25, 0.3) is 0 Å². The van der Waals surface area contributed by atoms with Gasteiger partial charge in [0, 0.05) is 27.5 Å². The summed E-state index contributed by atoms with van der Waals surface area (Å²) in [6, 6.07) is 73.6. The molecule has 12 rings (SSSR count). The van der Waals surface area contributed by atoms with Crippen LogP contribution >= 0.6 is 0 Å². The molecule has 256 valence electrons. The lowest BCUT2D eigenvalue weighted by molar-refractivity contribution is 0.668. The lowest BCUT2D eigenvalue weighted by Crippen LogP contribution is -2.29. The minimum absolute atomic E-state index is 0.638. The molecule has 2 nitrogen and oxygen atoms in total. The van der Waals surface area contributed by atoms with Gasteiger partial charge in [-0.05, 0) is 110 Å². The van der Waals surface area contributed by atoms with Crippen LogP contribution in [0.15, 0.2) is 205 Å². The lowest BCUT2D eigenvalue weighted by Gasteiger charge is -2.36. The van der Waals surface area contributed by atoms with Gasteiger partial charge >= 0.3 is 0 Å². The van der Waals surface area contributed by atoms with Crippen molar-refractivity contribution in [2.45, 2.75) is 5.41 Å². The molecule has 0 saturated carbocycles. The fraction of sp³-hybridized carbons (Fsp3) is 0.0189. The molecule has 9 aromatic carbocycles. The Bertz CT molecular complexity index is 3170. The van der Waals surface area contributed by atoms with Crippen molar-refractivity contribution in [2.24, 2.45) is 0 Å². The van der Waals surface area contributed by atoms with E-state index >= 15 is 0 Å². The Hall–Kier alpha value is -7.16. The van der Waals surface area contributed by atoms with E-state index in [9.17, 15) is 0 Å². The largest absolute Gasteiger partial charge is 0.456 e. The van der Waals surface area contributed by atoms with Gasteiger partial charge < -0.3 is 9.32 Å². The SMILES string of the molecule is c1ccc(N(c2ccc3c(c2)C2(c4ccccc4-c4ccccc4-3)c3ccccc3-c3cc4oc5ccccc5c4cc32)c2cccc3ccccc23)cc1. The molecule has 1 heterocycles. The molecule has 2 heteroatoms. The molecule has 0 radical (unpaired) electrons. The smallest absolute Gasteiger partial charge is 0.136 e. The Balaban J connectivity index is 1.25. The van der Waals surface area contributed by atoms with Gasteiger partial charge in [0.2, 0.25) is 0 Å². The van der Waals surface area contributed by atoms with Crippen LogP contribution in [0.1, 0.15) is 22.3 Å². The van der Waals surface area contributed by atoms with Crippen LogP contribution in [0.2, 0.25) is 0 Å². The molecule has 1 atom stereocenters. The van der Waals surface area contributed by atoms with Crippen molar-refractivity contribution < 1.29 is 4.42 Å². The van der Waals surface area contributed by atoms with Crippen LogP contribution in [-0.2, 0) is 5.41 Å². The number of fused-ring (bicyclic) bond motifs is 16. The number of benzene rings is 9. The summed E-state index contributed by atoms with van der Waals surface area (Å²) in [5.74, 6) is 0. The van der Waals surface area contributed by atoms with Gasteiger partial charge in [-0.15, -0.1) is 0 Å². The van der Waals surface area contributed by atoms with Gasteiger partial charge in [-0.1, -0.05) is 152 Å². The minimum atomic E-state index is -0.638. The van der Waals surface area contributed by atoms with Crippen LogP contribution in [-0.4, -0.2) is 0 Å². The highest BCUT2D eigenvalue weighted by atomic mass is 16.3. The zero-order chi connectivity index (χ0) is 36.1. The highest BCUT2D eigenvalue weighted by molar-refractivity contribution is 6.09. The standard InChI is InChI=1S/C53H33NO/c1-2-17-35(18-3-1)54(50-27-14-16-34-15-4-5-19-37(34)50)36-29-30-42-39-21-7-6-20-38(39)40-22-8-11-25-46(40)53(48(42)31-36)47-26-12-9-23-41(47)44-33-52-45(32-49(44)53)43-24-10-13-28-51(43)55-52/h1-33H. The summed E-state index contributed by atoms with van der Waals surface area (Å²) in [6.45, 7) is 0. The van der Waals surface area contributed by atoms with Crippen LogP contribution < -0.4 is 4.90 Å². The predicted molar refractivity (Wildman–Crippen MR) is 228 cm³/mol. The third kappa shape index (κ3) is 4.14. The van der Waals surface area contributed by atoms with Gasteiger partial charge in [-0.2, -0.15) is 0 Å². The maximum atomic E-state index is 6.56. The van der Waals surface area contributed by atoms with Crippen LogP contribution in [0.5, 0.6) is 0 Å². The summed E-state index contributed by atoms with van der Waals surface area (Å²) in [7, 11) is 0. The molecular formula is C53H33NO. The normalized spacial score (nSPS) is 15.0. The maximum absolute atomic E-state index is 6.56. The molecule has 0 saturated heterocycles. The monoisotopic (exact) mass is 699 g/mol. The Morgan fingerprint density at radius 2 is 0.909 bits per heavy atom. The van der Waals surface area contributed by atoms with Crippen LogP contribution in [0.4, 0.5) is 17.1 Å². The van der Waals surface area contributed by atoms with Crippen molar-refractivity contribution in [1.82, 2.24) is 0 Å². The molecule has 2 aliphatic rings. The third-order valence-corrected chi connectivity index (χ3v) is 12.1. The van der Waals surface area contributed by atoms with Crippen molar-refractivity contribution >= 4 is 49.8 Å². The van der Waals surface area contributed by atoms with Gasteiger partial charge in [0.1, 0.15) is 11.2 Å². The van der Waals surface area contributed by atoms with E-state index in [2.05, 4.69) is 205 Å². The molecule has 0 aliphatic heterocycles. The zero-order valence-electron chi connectivity index (χ0n) is 29.9. The van der Waals surface area contributed by atoms with Crippen molar-refractivity contribution in [2.75, 3.05) is 4.90 Å². The van der Waals surface area contributed by atoms with Gasteiger partial charge in [-0.3, -0.25) is 0 Å². The maximum Gasteiger partial charge on any atom is 0.136 e. The number of furan rings is 1. The van der Waals surface area contributed by atoms with Crippen molar-refractivity contribution in [3.8, 4) is 33.4 Å². The Kier molecular flexibility index (Phi) is 6.29. The second-order valence-electron chi connectivity index (χ2n) is 14.8. The van der Waals surface area contributed by atoms with Gasteiger partial charge in [0.15, 0.2) is 0 Å². The minimum Gasteiger partial charge on any atom is -0.456 e. The summed E-state index contributed by atoms with van der Waals surface area (Å²) in [6.07, 6.45) is 0. The molecule has 0 N–H and O–H groups in total. The second-order valence-corrected chi connectivity index (χ2v) is 14.8. The molecule has 10 aromatic rings. The first-order valence-corrected chi connectivity index (χ1v) is 19.0. The fourth-order valence-corrected chi connectivity index (χ4v) is 9.84. The van der Waals surface area contributed by atoms with E-state index < -0.39 is 5.41 Å². The first-order valence-electron chi connectivity index (χ1n) is 19.0. The van der Waals surface area contributed by atoms with E-state index in [-0.39, 0.29) is 0 Å². The summed E-state index contributed by atoms with van der Waals surface area (Å²) in [4.78, 5) is 2.44. The summed E-state index contributed by atoms with van der Waals surface area (Å²) < 4.78 is 6.56. The van der Waals surface area contributed by atoms with Crippen molar-refractivity contribution in [3.05, 3.63) is 222 Å². The lowest BCUT2D eigenvalue weighted by atomic mass is 9.65. The highest BCUT2D eigenvalue weighted by Crippen LogP contribution is 2.62. The summed E-state index contributed by atoms with van der Waals surface area (Å²) in [5.41, 5.74) is 17.1. The average molecular weight is 700 g/mol. The molecule has 0 fully saturated rings. The van der Waals surface area contributed by atoms with E-state index in [1.54, 1.807) is 0 Å². The van der Waals surface area contributed by atoms with Gasteiger partial charge in [-0.25, -0.2) is 0 Å². The van der Waals surface area contributed by atoms with E-state index in [0.717, 1.165) is 39.0 Å². The summed E-state index contributed by atoms with van der Waals surface area (Å²) >= 11 is 0. The number of rotatable bonds is 3. The Labute approximate surface area is 319 Å². The molecule has 1 unspecified atom stereocenters. The Morgan fingerprint density at radius 3 is 1.69 bits per heavy atom. The average Bonchev–Trinajstić information content (AvgIpc) is 3.73. The molecule has 0 amide bonds. The molecule has 1 aromatic heterocycles. The van der Waals surface area contributed by atoms with E-state index in [4.69, 9.17) is 4.42 Å². The van der Waals surface area contributed by atoms with Crippen molar-refractivity contribution in [3.63, 3.8) is 0 Å². The second kappa shape index (κ2) is 11.4. The molecule has 55 heavy (non-hydrogen) atoms.